The minimum Gasteiger partial charge on any atom is -0.355 e. The van der Waals surface area contributed by atoms with Gasteiger partial charge < -0.3 is 5.32 Å². The van der Waals surface area contributed by atoms with Gasteiger partial charge in [-0.3, -0.25) is 5.10 Å². The van der Waals surface area contributed by atoms with Crippen molar-refractivity contribution in [1.29, 1.82) is 0 Å². The average molecular weight is 362 g/mol. The Morgan fingerprint density at radius 1 is 1.17 bits per heavy atom. The first-order valence-electron chi connectivity index (χ1n) is 6.27. The summed E-state index contributed by atoms with van der Waals surface area (Å²) in [5.41, 5.74) is -3.28. The van der Waals surface area contributed by atoms with Crippen LogP contribution in [-0.4, -0.2) is 15.7 Å². The third kappa shape index (κ3) is 3.70. The number of thioether (sulfide) groups is 1. The molecule has 0 atom stereocenters. The molecule has 9 heteroatoms. The first-order chi connectivity index (χ1) is 10.8. The SMILES string of the molecule is Fc1cc(Cl)cc(Nc2ccc(SC(F)(F)F)c3[nH]ncc23)c1. The lowest BCUT2D eigenvalue weighted by Gasteiger charge is -2.11. The summed E-state index contributed by atoms with van der Waals surface area (Å²) in [7, 11) is 0. The van der Waals surface area contributed by atoms with Crippen LogP contribution in [-0.2, 0) is 0 Å². The van der Waals surface area contributed by atoms with Crippen LogP contribution in [0.3, 0.4) is 0 Å². The third-order valence-electron chi connectivity index (χ3n) is 2.94. The topological polar surface area (TPSA) is 40.7 Å². The number of aromatic amines is 1. The van der Waals surface area contributed by atoms with Gasteiger partial charge in [-0.05, 0) is 42.1 Å². The fourth-order valence-electron chi connectivity index (χ4n) is 2.11. The van der Waals surface area contributed by atoms with Crippen molar-refractivity contribution in [3.8, 4) is 0 Å². The van der Waals surface area contributed by atoms with E-state index in [-0.39, 0.29) is 27.2 Å². The molecule has 2 N–H and O–H groups in total. The molecule has 3 nitrogen and oxygen atoms in total. The van der Waals surface area contributed by atoms with Crippen LogP contribution in [0.1, 0.15) is 0 Å². The number of rotatable bonds is 3. The van der Waals surface area contributed by atoms with E-state index in [1.54, 1.807) is 0 Å². The number of hydrogen-bond donors (Lipinski definition) is 2. The summed E-state index contributed by atoms with van der Waals surface area (Å²) in [5, 5.41) is 9.93. The molecule has 1 aromatic heterocycles. The molecule has 3 rings (SSSR count). The number of benzene rings is 2. The standard InChI is InChI=1S/C14H8ClF4N3S/c15-7-3-8(16)5-9(4-7)21-11-1-2-12(23-14(17,18)19)13-10(11)6-20-22-13/h1-6,21H,(H,20,22). The smallest absolute Gasteiger partial charge is 0.355 e. The molecule has 3 aromatic rings. The number of nitrogens with one attached hydrogen (secondary N) is 2. The van der Waals surface area contributed by atoms with E-state index < -0.39 is 11.3 Å². The van der Waals surface area contributed by atoms with E-state index in [4.69, 9.17) is 11.6 Å². The van der Waals surface area contributed by atoms with E-state index in [2.05, 4.69) is 15.5 Å². The fourth-order valence-corrected chi connectivity index (χ4v) is 2.98. The van der Waals surface area contributed by atoms with Crippen molar-refractivity contribution < 1.29 is 17.6 Å². The third-order valence-corrected chi connectivity index (χ3v) is 3.95. The lowest BCUT2D eigenvalue weighted by molar-refractivity contribution is -0.0327. The zero-order valence-corrected chi connectivity index (χ0v) is 12.8. The van der Waals surface area contributed by atoms with Crippen molar-refractivity contribution in [3.63, 3.8) is 0 Å². The maximum Gasteiger partial charge on any atom is 0.446 e. The van der Waals surface area contributed by atoms with Crippen LogP contribution < -0.4 is 5.32 Å². The predicted octanol–water partition coefficient (Wildman–Crippen LogP) is 5.71. The molecule has 23 heavy (non-hydrogen) atoms. The van der Waals surface area contributed by atoms with Gasteiger partial charge in [0.05, 0.1) is 11.7 Å². The zero-order valence-electron chi connectivity index (χ0n) is 11.2. The second-order valence-corrected chi connectivity index (χ2v) is 6.14. The van der Waals surface area contributed by atoms with Crippen LogP contribution in [0, 0.1) is 5.82 Å². The number of halogens is 5. The summed E-state index contributed by atoms with van der Waals surface area (Å²) in [6.07, 6.45) is 1.40. The van der Waals surface area contributed by atoms with E-state index in [1.807, 2.05) is 0 Å². The Balaban J connectivity index is 1.99. The molecule has 0 saturated heterocycles. The number of nitrogens with zero attached hydrogens (tertiary/aromatic N) is 1. The van der Waals surface area contributed by atoms with E-state index in [9.17, 15) is 17.6 Å². The van der Waals surface area contributed by atoms with Gasteiger partial charge in [0.2, 0.25) is 0 Å². The molecular weight excluding hydrogens is 354 g/mol. The number of alkyl halides is 3. The zero-order chi connectivity index (χ0) is 16.6. The second kappa shape index (κ2) is 5.93. The van der Waals surface area contributed by atoms with Crippen LogP contribution >= 0.6 is 23.4 Å². The molecule has 0 aliphatic rings. The highest BCUT2D eigenvalue weighted by Crippen LogP contribution is 2.41. The fraction of sp³-hybridized carbons (Fsp3) is 0.0714. The largest absolute Gasteiger partial charge is 0.446 e. The Kier molecular flexibility index (Phi) is 4.11. The maximum absolute atomic E-state index is 13.4. The molecule has 0 saturated carbocycles. The predicted molar refractivity (Wildman–Crippen MR) is 82.7 cm³/mol. The highest BCUT2D eigenvalue weighted by Gasteiger charge is 2.30. The van der Waals surface area contributed by atoms with Gasteiger partial charge in [-0.15, -0.1) is 0 Å². The highest BCUT2D eigenvalue weighted by molar-refractivity contribution is 8.00. The van der Waals surface area contributed by atoms with Gasteiger partial charge in [-0.2, -0.15) is 18.3 Å². The number of anilines is 2. The summed E-state index contributed by atoms with van der Waals surface area (Å²) in [6, 6.07) is 6.70. The Labute approximate surface area is 137 Å². The monoisotopic (exact) mass is 361 g/mol. The number of aromatic nitrogens is 2. The lowest BCUT2D eigenvalue weighted by atomic mass is 10.2. The minimum atomic E-state index is -4.40. The van der Waals surface area contributed by atoms with Crippen molar-refractivity contribution in [2.24, 2.45) is 0 Å². The summed E-state index contributed by atoms with van der Waals surface area (Å²) in [5.74, 6) is -0.521. The van der Waals surface area contributed by atoms with Gasteiger partial charge >= 0.3 is 5.51 Å². The number of hydrogen-bond acceptors (Lipinski definition) is 3. The molecule has 0 aliphatic carbocycles. The second-order valence-electron chi connectivity index (χ2n) is 4.60. The van der Waals surface area contributed by atoms with E-state index >= 15 is 0 Å². The molecule has 0 amide bonds. The first-order valence-corrected chi connectivity index (χ1v) is 7.46. The molecular formula is C14H8ClF4N3S. The van der Waals surface area contributed by atoms with Crippen LogP contribution in [0.5, 0.6) is 0 Å². The van der Waals surface area contributed by atoms with Gasteiger partial charge in [0, 0.05) is 26.7 Å². The summed E-state index contributed by atoms with van der Waals surface area (Å²) >= 11 is 5.56. The molecule has 2 aromatic carbocycles. The molecule has 1 heterocycles. The van der Waals surface area contributed by atoms with Gasteiger partial charge in [0.1, 0.15) is 5.82 Å². The molecule has 0 radical (unpaired) electrons. The van der Waals surface area contributed by atoms with Gasteiger partial charge in [-0.25, -0.2) is 4.39 Å². The first kappa shape index (κ1) is 15.9. The molecule has 0 unspecified atom stereocenters. The van der Waals surface area contributed by atoms with Crippen molar-refractivity contribution in [2.75, 3.05) is 5.32 Å². The van der Waals surface area contributed by atoms with Crippen molar-refractivity contribution in [3.05, 3.63) is 47.4 Å². The minimum absolute atomic E-state index is 0.00725. The Morgan fingerprint density at radius 2 is 1.96 bits per heavy atom. The van der Waals surface area contributed by atoms with Gasteiger partial charge in [0.25, 0.3) is 0 Å². The maximum atomic E-state index is 13.4. The summed E-state index contributed by atoms with van der Waals surface area (Å²) in [4.78, 5) is 0.00725. The Bertz CT molecular complexity index is 843. The van der Waals surface area contributed by atoms with Crippen LogP contribution in [0.2, 0.25) is 5.02 Å². The molecule has 0 bridgehead atoms. The highest BCUT2D eigenvalue weighted by atomic mass is 35.5. The van der Waals surface area contributed by atoms with Crippen LogP contribution in [0.4, 0.5) is 28.9 Å². The normalized spacial score (nSPS) is 11.9. The molecule has 0 fully saturated rings. The average Bonchev–Trinajstić information content (AvgIpc) is 2.89. The van der Waals surface area contributed by atoms with Crippen molar-refractivity contribution in [2.45, 2.75) is 10.4 Å². The van der Waals surface area contributed by atoms with Crippen LogP contribution in [0.15, 0.2) is 41.4 Å². The van der Waals surface area contributed by atoms with Gasteiger partial charge in [0.15, 0.2) is 0 Å². The van der Waals surface area contributed by atoms with Crippen molar-refractivity contribution in [1.82, 2.24) is 10.2 Å². The summed E-state index contributed by atoms with van der Waals surface area (Å²) < 4.78 is 51.1. The Hall–Kier alpha value is -1.93. The van der Waals surface area contributed by atoms with E-state index in [1.165, 1.54) is 30.5 Å². The van der Waals surface area contributed by atoms with Crippen LogP contribution in [0.25, 0.3) is 10.9 Å². The summed E-state index contributed by atoms with van der Waals surface area (Å²) in [6.45, 7) is 0. The van der Waals surface area contributed by atoms with Crippen molar-refractivity contribution >= 4 is 45.6 Å². The van der Waals surface area contributed by atoms with E-state index in [0.29, 0.717) is 16.8 Å². The molecule has 0 spiro atoms. The number of H-pyrrole nitrogens is 1. The number of fused-ring (bicyclic) bond motifs is 1. The Morgan fingerprint density at radius 3 is 2.65 bits per heavy atom. The van der Waals surface area contributed by atoms with E-state index in [0.717, 1.165) is 6.07 Å². The molecule has 120 valence electrons. The molecule has 0 aliphatic heterocycles. The lowest BCUT2D eigenvalue weighted by Crippen LogP contribution is -2.00. The quantitative estimate of drug-likeness (QED) is 0.463. The van der Waals surface area contributed by atoms with Gasteiger partial charge in [-0.1, -0.05) is 11.6 Å².